The van der Waals surface area contributed by atoms with E-state index in [2.05, 4.69) is 37.8 Å². The molecular weight excluding hydrogens is 318 g/mol. The third kappa shape index (κ3) is 2.20. The number of aromatic nitrogens is 5. The quantitative estimate of drug-likeness (QED) is 0.751. The van der Waals surface area contributed by atoms with Crippen molar-refractivity contribution in [3.63, 3.8) is 0 Å². The molecule has 1 aromatic carbocycles. The van der Waals surface area contributed by atoms with Gasteiger partial charge in [-0.15, -0.1) is 0 Å². The number of imidazole rings is 1. The molecule has 0 aliphatic carbocycles. The maximum Gasteiger partial charge on any atom is 0.291 e. The number of amides is 1. The summed E-state index contributed by atoms with van der Waals surface area (Å²) in [5.41, 5.74) is 2.18. The molecule has 128 valence electrons. The molecule has 25 heavy (non-hydrogen) atoms. The summed E-state index contributed by atoms with van der Waals surface area (Å²) in [5.74, 6) is 2.25. The number of likely N-dealkylation sites (tertiary alicyclic amines) is 1. The first-order valence-electron chi connectivity index (χ1n) is 8.52. The molecule has 0 spiro atoms. The van der Waals surface area contributed by atoms with Gasteiger partial charge in [0.05, 0.1) is 11.0 Å². The molecule has 2 fully saturated rings. The van der Waals surface area contributed by atoms with Crippen molar-refractivity contribution < 1.29 is 4.79 Å². The van der Waals surface area contributed by atoms with Crippen LogP contribution in [0.25, 0.3) is 11.0 Å². The lowest BCUT2D eigenvalue weighted by atomic mass is 10.0. The van der Waals surface area contributed by atoms with E-state index in [9.17, 15) is 4.79 Å². The van der Waals surface area contributed by atoms with Crippen LogP contribution in [-0.2, 0) is 7.05 Å². The van der Waals surface area contributed by atoms with Gasteiger partial charge in [0.1, 0.15) is 6.33 Å². The Morgan fingerprint density at radius 2 is 1.92 bits per heavy atom. The van der Waals surface area contributed by atoms with Gasteiger partial charge in [-0.3, -0.25) is 9.89 Å². The van der Waals surface area contributed by atoms with Crippen LogP contribution in [0.5, 0.6) is 0 Å². The fraction of sp³-hybridized carbons (Fsp3) is 0.412. The molecule has 2 aliphatic heterocycles. The molecule has 8 nitrogen and oxygen atoms in total. The Labute approximate surface area is 144 Å². The van der Waals surface area contributed by atoms with Crippen LogP contribution < -0.4 is 4.90 Å². The number of aromatic amines is 1. The Morgan fingerprint density at radius 1 is 1.16 bits per heavy atom. The molecule has 2 aliphatic rings. The van der Waals surface area contributed by atoms with E-state index in [1.54, 1.807) is 0 Å². The van der Waals surface area contributed by atoms with Gasteiger partial charge in [0.2, 0.25) is 11.8 Å². The number of carbonyl (C=O) groups is 1. The van der Waals surface area contributed by atoms with Crippen molar-refractivity contribution >= 4 is 22.9 Å². The van der Waals surface area contributed by atoms with Crippen LogP contribution in [0.2, 0.25) is 0 Å². The van der Waals surface area contributed by atoms with Crippen LogP contribution in [0.3, 0.4) is 0 Å². The maximum absolute atomic E-state index is 12.4. The van der Waals surface area contributed by atoms with E-state index < -0.39 is 0 Å². The van der Waals surface area contributed by atoms with E-state index in [0.717, 1.165) is 43.2 Å². The van der Waals surface area contributed by atoms with Gasteiger partial charge in [0.15, 0.2) is 0 Å². The van der Waals surface area contributed by atoms with Gasteiger partial charge < -0.3 is 14.4 Å². The van der Waals surface area contributed by atoms with E-state index >= 15 is 0 Å². The van der Waals surface area contributed by atoms with Gasteiger partial charge >= 0.3 is 0 Å². The highest BCUT2D eigenvalue weighted by Gasteiger charge is 2.43. The minimum absolute atomic E-state index is 0.0545. The monoisotopic (exact) mass is 337 g/mol. The number of H-pyrrole nitrogens is 1. The molecule has 2 saturated heterocycles. The molecule has 3 aromatic rings. The summed E-state index contributed by atoms with van der Waals surface area (Å²) in [7, 11) is 2.07. The van der Waals surface area contributed by atoms with Crippen LogP contribution in [0, 0.1) is 11.8 Å². The number of para-hydroxylation sites is 2. The highest BCUT2D eigenvalue weighted by Crippen LogP contribution is 2.34. The number of hydrogen-bond acceptors (Lipinski definition) is 5. The minimum atomic E-state index is -0.0545. The fourth-order valence-corrected chi connectivity index (χ4v) is 4.20. The van der Waals surface area contributed by atoms with E-state index in [1.807, 2.05) is 23.1 Å². The summed E-state index contributed by atoms with van der Waals surface area (Å²) < 4.78 is 2.16. The van der Waals surface area contributed by atoms with Crippen LogP contribution in [0.1, 0.15) is 10.6 Å². The molecule has 2 atom stereocenters. The number of fused-ring (bicyclic) bond motifs is 2. The van der Waals surface area contributed by atoms with E-state index in [0.29, 0.717) is 17.7 Å². The highest BCUT2D eigenvalue weighted by molar-refractivity contribution is 5.90. The predicted octanol–water partition coefficient (Wildman–Crippen LogP) is 0.900. The number of carbonyl (C=O) groups excluding carboxylic acids is 1. The van der Waals surface area contributed by atoms with Crippen LogP contribution in [-0.4, -0.2) is 61.7 Å². The summed E-state index contributed by atoms with van der Waals surface area (Å²) in [6.45, 7) is 3.40. The van der Waals surface area contributed by atoms with E-state index in [-0.39, 0.29) is 5.91 Å². The molecule has 5 rings (SSSR count). The molecule has 4 heterocycles. The zero-order chi connectivity index (χ0) is 17.0. The normalized spacial score (nSPS) is 22.8. The molecule has 2 aromatic heterocycles. The average molecular weight is 337 g/mol. The van der Waals surface area contributed by atoms with Crippen molar-refractivity contribution in [2.45, 2.75) is 0 Å². The lowest BCUT2D eigenvalue weighted by molar-refractivity contribution is 0.0771. The zero-order valence-electron chi connectivity index (χ0n) is 14.0. The van der Waals surface area contributed by atoms with Gasteiger partial charge in [-0.2, -0.15) is 5.10 Å². The minimum Gasteiger partial charge on any atom is -0.342 e. The molecule has 8 heteroatoms. The number of benzene rings is 1. The van der Waals surface area contributed by atoms with Gasteiger partial charge in [0.25, 0.3) is 5.91 Å². The largest absolute Gasteiger partial charge is 0.342 e. The second kappa shape index (κ2) is 5.30. The van der Waals surface area contributed by atoms with Gasteiger partial charge in [-0.05, 0) is 12.1 Å². The number of nitrogens with zero attached hydrogens (tertiary/aromatic N) is 6. The lowest BCUT2D eigenvalue weighted by Gasteiger charge is -2.22. The first-order valence-corrected chi connectivity index (χ1v) is 8.52. The van der Waals surface area contributed by atoms with Crippen LogP contribution >= 0.6 is 0 Å². The average Bonchev–Trinajstić information content (AvgIpc) is 3.37. The van der Waals surface area contributed by atoms with Crippen LogP contribution in [0.4, 0.5) is 5.95 Å². The summed E-state index contributed by atoms with van der Waals surface area (Å²) in [6, 6.07) is 8.21. The summed E-state index contributed by atoms with van der Waals surface area (Å²) in [6.07, 6.45) is 1.37. The Bertz CT molecular complexity index is 918. The summed E-state index contributed by atoms with van der Waals surface area (Å²) in [4.78, 5) is 25.4. The van der Waals surface area contributed by atoms with E-state index in [4.69, 9.17) is 4.98 Å². The Morgan fingerprint density at radius 3 is 2.60 bits per heavy atom. The molecular formula is C17H19N7O. The number of anilines is 1. The molecule has 0 radical (unpaired) electrons. The molecule has 2 unspecified atom stereocenters. The highest BCUT2D eigenvalue weighted by atomic mass is 16.2. The summed E-state index contributed by atoms with van der Waals surface area (Å²) in [5, 5.41) is 6.43. The van der Waals surface area contributed by atoms with Gasteiger partial charge in [0, 0.05) is 45.1 Å². The van der Waals surface area contributed by atoms with Gasteiger partial charge in [-0.1, -0.05) is 12.1 Å². The zero-order valence-corrected chi connectivity index (χ0v) is 14.0. The smallest absolute Gasteiger partial charge is 0.291 e. The second-order valence-corrected chi connectivity index (χ2v) is 6.93. The molecule has 1 amide bonds. The summed E-state index contributed by atoms with van der Waals surface area (Å²) >= 11 is 0. The maximum atomic E-state index is 12.4. The Kier molecular flexibility index (Phi) is 3.06. The number of hydrogen-bond donors (Lipinski definition) is 1. The van der Waals surface area contributed by atoms with Crippen molar-refractivity contribution in [3.8, 4) is 0 Å². The third-order valence-electron chi connectivity index (χ3n) is 5.44. The SMILES string of the molecule is Cn1c(N2CC3CN(C(=O)c4ncn[nH]4)CC3C2)nc2ccccc21. The first kappa shape index (κ1) is 14.4. The lowest BCUT2D eigenvalue weighted by Crippen LogP contribution is -2.34. The van der Waals surface area contributed by atoms with Crippen molar-refractivity contribution in [1.82, 2.24) is 29.6 Å². The molecule has 0 bridgehead atoms. The van der Waals surface area contributed by atoms with Crippen molar-refractivity contribution in [2.24, 2.45) is 18.9 Å². The number of rotatable bonds is 2. The van der Waals surface area contributed by atoms with Crippen molar-refractivity contribution in [1.29, 1.82) is 0 Å². The predicted molar refractivity (Wildman–Crippen MR) is 92.2 cm³/mol. The van der Waals surface area contributed by atoms with Crippen molar-refractivity contribution in [3.05, 3.63) is 36.4 Å². The Hall–Kier alpha value is -2.90. The molecule has 1 N–H and O–H groups in total. The van der Waals surface area contributed by atoms with Crippen molar-refractivity contribution in [2.75, 3.05) is 31.1 Å². The standard InChI is InChI=1S/C17H19N7O/c1-22-14-5-3-2-4-13(14)20-17(22)24-8-11-6-23(7-12(11)9-24)16(25)15-18-10-19-21-15/h2-5,10-12H,6-9H2,1H3,(H,18,19,21). The fourth-order valence-electron chi connectivity index (χ4n) is 4.20. The molecule has 0 saturated carbocycles. The van der Waals surface area contributed by atoms with Gasteiger partial charge in [-0.25, -0.2) is 9.97 Å². The topological polar surface area (TPSA) is 82.9 Å². The third-order valence-corrected chi connectivity index (χ3v) is 5.44. The van der Waals surface area contributed by atoms with E-state index in [1.165, 1.54) is 6.33 Å². The van der Waals surface area contributed by atoms with Crippen LogP contribution in [0.15, 0.2) is 30.6 Å². The Balaban J connectivity index is 1.33. The second-order valence-electron chi connectivity index (χ2n) is 6.93. The first-order chi connectivity index (χ1) is 12.2. The number of aryl methyl sites for hydroxylation is 1. The number of nitrogens with one attached hydrogen (secondary N) is 1.